The second-order valence-corrected chi connectivity index (χ2v) is 6.60. The zero-order valence-corrected chi connectivity index (χ0v) is 14.1. The number of hydrogen-bond acceptors (Lipinski definition) is 6. The first-order valence-electron chi connectivity index (χ1n) is 8.54. The van der Waals surface area contributed by atoms with Gasteiger partial charge in [0, 0.05) is 44.9 Å². The number of aryl methyl sites for hydroxylation is 1. The van der Waals surface area contributed by atoms with Crippen LogP contribution in [-0.2, 0) is 11.2 Å². The molecule has 1 saturated heterocycles. The molecule has 0 saturated carbocycles. The van der Waals surface area contributed by atoms with Gasteiger partial charge < -0.3 is 14.2 Å². The molecular weight excluding hydrogens is 320 g/mol. The Morgan fingerprint density at radius 2 is 2.00 bits per heavy atom. The monoisotopic (exact) mass is 340 g/mol. The number of aromatic nitrogens is 2. The first-order chi connectivity index (χ1) is 12.2. The number of rotatable bonds is 3. The Morgan fingerprint density at radius 1 is 1.20 bits per heavy atom. The topological polar surface area (TPSA) is 79.5 Å². The van der Waals surface area contributed by atoms with Crippen LogP contribution in [0.5, 0.6) is 0 Å². The Balaban J connectivity index is 1.63. The van der Waals surface area contributed by atoms with E-state index in [9.17, 15) is 9.59 Å². The largest absolute Gasteiger partial charge is 0.469 e. The third kappa shape index (κ3) is 2.90. The molecule has 2 aromatic rings. The van der Waals surface area contributed by atoms with E-state index in [1.807, 2.05) is 19.1 Å². The lowest BCUT2D eigenvalue weighted by Gasteiger charge is -2.33. The molecule has 1 atom stereocenters. The highest BCUT2D eigenvalue weighted by atomic mass is 16.3. The number of fused-ring (bicyclic) bond motifs is 1. The summed E-state index contributed by atoms with van der Waals surface area (Å²) in [6.45, 7) is 4.60. The summed E-state index contributed by atoms with van der Waals surface area (Å²) in [4.78, 5) is 36.6. The van der Waals surface area contributed by atoms with Crippen molar-refractivity contribution in [3.05, 3.63) is 41.1 Å². The van der Waals surface area contributed by atoms with Crippen molar-refractivity contribution in [2.45, 2.75) is 25.7 Å². The number of amides is 1. The van der Waals surface area contributed by atoms with Gasteiger partial charge in [-0.25, -0.2) is 9.97 Å². The van der Waals surface area contributed by atoms with E-state index in [0.29, 0.717) is 50.5 Å². The zero-order chi connectivity index (χ0) is 17.4. The number of ketones is 1. The molecule has 0 radical (unpaired) electrons. The molecule has 1 amide bonds. The number of hydrogen-bond donors (Lipinski definition) is 0. The quantitative estimate of drug-likeness (QED) is 0.789. The van der Waals surface area contributed by atoms with Crippen LogP contribution in [0.2, 0.25) is 0 Å². The van der Waals surface area contributed by atoms with E-state index >= 15 is 0 Å². The maximum Gasteiger partial charge on any atom is 0.225 e. The van der Waals surface area contributed by atoms with Crippen LogP contribution >= 0.6 is 0 Å². The lowest BCUT2D eigenvalue weighted by molar-refractivity contribution is -0.118. The molecule has 1 fully saturated rings. The normalized spacial score (nSPS) is 20.5. The van der Waals surface area contributed by atoms with E-state index in [0.717, 1.165) is 23.6 Å². The summed E-state index contributed by atoms with van der Waals surface area (Å²) in [6, 6.07) is 3.76. The predicted molar refractivity (Wildman–Crippen MR) is 90.7 cm³/mol. The third-order valence-corrected chi connectivity index (χ3v) is 5.00. The fourth-order valence-corrected chi connectivity index (χ4v) is 3.65. The average Bonchev–Trinajstić information content (AvgIpc) is 3.16. The first-order valence-corrected chi connectivity index (χ1v) is 8.54. The standard InChI is InChI=1S/C18H20N4O3/c1-12-17-14(9-13(10-15(17)24)16-3-2-8-25-16)20-18(19-12)22-6-4-21(11-23)5-7-22/h2-3,8,11,13H,4-7,9-10H2,1H3/t13-/m0/s1. The third-order valence-electron chi connectivity index (χ3n) is 5.00. The molecule has 0 unspecified atom stereocenters. The molecule has 7 heteroatoms. The van der Waals surface area contributed by atoms with Crippen LogP contribution in [0.4, 0.5) is 5.95 Å². The van der Waals surface area contributed by atoms with Gasteiger partial charge in [0.25, 0.3) is 0 Å². The highest BCUT2D eigenvalue weighted by Gasteiger charge is 2.32. The molecule has 1 aliphatic carbocycles. The zero-order valence-electron chi connectivity index (χ0n) is 14.1. The summed E-state index contributed by atoms with van der Waals surface area (Å²) in [5.41, 5.74) is 2.21. The van der Waals surface area contributed by atoms with Crippen molar-refractivity contribution in [3.63, 3.8) is 0 Å². The highest BCUT2D eigenvalue weighted by molar-refractivity contribution is 5.99. The van der Waals surface area contributed by atoms with Crippen LogP contribution in [0.3, 0.4) is 0 Å². The van der Waals surface area contributed by atoms with Crippen LogP contribution in [-0.4, -0.2) is 53.2 Å². The van der Waals surface area contributed by atoms with Gasteiger partial charge in [0.2, 0.25) is 12.4 Å². The van der Waals surface area contributed by atoms with Gasteiger partial charge in [-0.3, -0.25) is 9.59 Å². The SMILES string of the molecule is Cc1nc(N2CCN(C=O)CC2)nc2c1C(=O)C[C@@H](c1ccco1)C2. The number of carbonyl (C=O) groups excluding carboxylic acids is 2. The lowest BCUT2D eigenvalue weighted by Crippen LogP contribution is -2.46. The van der Waals surface area contributed by atoms with Crippen molar-refractivity contribution in [1.82, 2.24) is 14.9 Å². The van der Waals surface area contributed by atoms with Crippen molar-refractivity contribution in [3.8, 4) is 0 Å². The van der Waals surface area contributed by atoms with Gasteiger partial charge in [0.15, 0.2) is 5.78 Å². The molecule has 2 aliphatic rings. The summed E-state index contributed by atoms with van der Waals surface area (Å²) in [5, 5.41) is 0. The number of Topliss-reactive ketones (excluding diaryl/α,β-unsaturated/α-hetero) is 1. The molecule has 130 valence electrons. The summed E-state index contributed by atoms with van der Waals surface area (Å²) < 4.78 is 5.49. The molecule has 0 aromatic carbocycles. The van der Waals surface area contributed by atoms with E-state index in [4.69, 9.17) is 9.40 Å². The van der Waals surface area contributed by atoms with E-state index in [1.165, 1.54) is 0 Å². The minimum Gasteiger partial charge on any atom is -0.469 e. The molecule has 1 aliphatic heterocycles. The van der Waals surface area contributed by atoms with Gasteiger partial charge in [0.05, 0.1) is 23.2 Å². The Labute approximate surface area is 145 Å². The summed E-state index contributed by atoms with van der Waals surface area (Å²) in [7, 11) is 0. The van der Waals surface area contributed by atoms with Gasteiger partial charge in [-0.05, 0) is 19.1 Å². The predicted octanol–water partition coefficient (Wildman–Crippen LogP) is 1.57. The van der Waals surface area contributed by atoms with Crippen LogP contribution < -0.4 is 4.90 Å². The van der Waals surface area contributed by atoms with Crippen LogP contribution in [0.1, 0.15) is 39.8 Å². The van der Waals surface area contributed by atoms with Gasteiger partial charge >= 0.3 is 0 Å². The Hall–Kier alpha value is -2.70. The molecule has 2 aromatic heterocycles. The lowest BCUT2D eigenvalue weighted by atomic mass is 9.84. The molecule has 0 N–H and O–H groups in total. The van der Waals surface area contributed by atoms with Crippen LogP contribution in [0.25, 0.3) is 0 Å². The molecule has 4 rings (SSSR count). The van der Waals surface area contributed by atoms with Crippen molar-refractivity contribution in [1.29, 1.82) is 0 Å². The van der Waals surface area contributed by atoms with Crippen LogP contribution in [0.15, 0.2) is 22.8 Å². The van der Waals surface area contributed by atoms with Crippen molar-refractivity contribution >= 4 is 18.1 Å². The fraction of sp³-hybridized carbons (Fsp3) is 0.444. The first kappa shape index (κ1) is 15.8. The average molecular weight is 340 g/mol. The van der Waals surface area contributed by atoms with Crippen molar-refractivity contribution in [2.75, 3.05) is 31.1 Å². The molecule has 7 nitrogen and oxygen atoms in total. The minimum atomic E-state index is 0.0315. The van der Waals surface area contributed by atoms with E-state index in [2.05, 4.69) is 9.88 Å². The second-order valence-electron chi connectivity index (χ2n) is 6.60. The van der Waals surface area contributed by atoms with Crippen molar-refractivity contribution in [2.24, 2.45) is 0 Å². The Bertz CT molecular complexity index is 795. The number of anilines is 1. The maximum atomic E-state index is 12.6. The maximum absolute atomic E-state index is 12.6. The van der Waals surface area contributed by atoms with E-state index in [-0.39, 0.29) is 11.7 Å². The Morgan fingerprint density at radius 3 is 2.68 bits per heavy atom. The summed E-state index contributed by atoms with van der Waals surface area (Å²) in [6.07, 6.45) is 3.63. The van der Waals surface area contributed by atoms with E-state index < -0.39 is 0 Å². The smallest absolute Gasteiger partial charge is 0.225 e. The van der Waals surface area contributed by atoms with Gasteiger partial charge in [0.1, 0.15) is 5.76 Å². The Kier molecular flexibility index (Phi) is 3.99. The minimum absolute atomic E-state index is 0.0315. The van der Waals surface area contributed by atoms with Gasteiger partial charge in [-0.2, -0.15) is 0 Å². The molecule has 3 heterocycles. The second kappa shape index (κ2) is 6.31. The van der Waals surface area contributed by atoms with Crippen LogP contribution in [0, 0.1) is 6.92 Å². The van der Waals surface area contributed by atoms with Crippen molar-refractivity contribution < 1.29 is 14.0 Å². The van der Waals surface area contributed by atoms with E-state index in [1.54, 1.807) is 11.2 Å². The molecule has 0 spiro atoms. The van der Waals surface area contributed by atoms with Gasteiger partial charge in [-0.1, -0.05) is 0 Å². The molecule has 0 bridgehead atoms. The number of furan rings is 1. The number of carbonyl (C=O) groups is 2. The number of nitrogens with zero attached hydrogens (tertiary/aromatic N) is 4. The van der Waals surface area contributed by atoms with Gasteiger partial charge in [-0.15, -0.1) is 0 Å². The summed E-state index contributed by atoms with van der Waals surface area (Å²) in [5.74, 6) is 1.59. The molecule has 25 heavy (non-hydrogen) atoms. The molecular formula is C18H20N4O3. The summed E-state index contributed by atoms with van der Waals surface area (Å²) >= 11 is 0. The number of piperazine rings is 1. The highest BCUT2D eigenvalue weighted by Crippen LogP contribution is 2.33. The fourth-order valence-electron chi connectivity index (χ4n) is 3.65.